The van der Waals surface area contributed by atoms with E-state index < -0.39 is 17.8 Å². The minimum atomic E-state index is -4.45. The third-order valence-corrected chi connectivity index (χ3v) is 13.1. The number of hydrogen-bond acceptors (Lipinski definition) is 16. The van der Waals surface area contributed by atoms with E-state index in [1.807, 2.05) is 30.1 Å². The van der Waals surface area contributed by atoms with Gasteiger partial charge in [-0.1, -0.05) is 6.07 Å². The Kier molecular flexibility index (Phi) is 30.4. The van der Waals surface area contributed by atoms with Gasteiger partial charge in [0.2, 0.25) is 11.8 Å². The monoisotopic (exact) mass is 1030 g/mol. The summed E-state index contributed by atoms with van der Waals surface area (Å²) in [5.41, 5.74) is 4.15. The van der Waals surface area contributed by atoms with Crippen molar-refractivity contribution < 1.29 is 51.3 Å². The SMILES string of the molecule is CC(C)N(C)C1CCC(N2CCC(Nc3ncnc4ccc(C(F)(F)F)cc34)C2=O)CC1.CN.CN1CC(C=O)CC1=O.CNCCOCCOCCOCCOCCN1CCC(C=O)CC1.c1ccncc1. The van der Waals surface area contributed by atoms with Crippen LogP contribution in [0, 0.1) is 11.8 Å². The van der Waals surface area contributed by atoms with Gasteiger partial charge < -0.3 is 64.5 Å². The molecular weight excluding hydrogens is 950 g/mol. The fraction of sp³-hybridized carbons (Fsp3) is 0.673. The number of carbonyl (C=O) groups is 4. The van der Waals surface area contributed by atoms with Gasteiger partial charge in [-0.2, -0.15) is 13.2 Å². The van der Waals surface area contributed by atoms with Gasteiger partial charge in [0.1, 0.15) is 30.8 Å². The van der Waals surface area contributed by atoms with Crippen molar-refractivity contribution >= 4 is 41.1 Å². The molecule has 410 valence electrons. The molecule has 1 aliphatic carbocycles. The molecule has 3 aromatic rings. The van der Waals surface area contributed by atoms with Gasteiger partial charge in [-0.15, -0.1) is 0 Å². The number of nitrogens with two attached hydrogens (primary N) is 1. The largest absolute Gasteiger partial charge is 0.416 e. The Hall–Kier alpha value is -4.74. The average molecular weight is 1030 g/mol. The molecule has 4 aliphatic rings. The number of anilines is 1. The summed E-state index contributed by atoms with van der Waals surface area (Å²) in [6.45, 7) is 14.5. The molecule has 4 N–H and O–H groups in total. The number of rotatable bonds is 22. The molecule has 2 atom stereocenters. The fourth-order valence-corrected chi connectivity index (χ4v) is 8.65. The first-order valence-corrected chi connectivity index (χ1v) is 25.6. The maximum absolute atomic E-state index is 13.2. The Morgan fingerprint density at radius 2 is 1.41 bits per heavy atom. The lowest BCUT2D eigenvalue weighted by Gasteiger charge is -2.39. The van der Waals surface area contributed by atoms with E-state index in [2.05, 4.69) is 62.0 Å². The number of fused-ring (bicyclic) bond motifs is 1. The lowest BCUT2D eigenvalue weighted by atomic mass is 9.89. The lowest BCUT2D eigenvalue weighted by Crippen LogP contribution is -2.46. The van der Waals surface area contributed by atoms with Gasteiger partial charge in [0.25, 0.3) is 0 Å². The van der Waals surface area contributed by atoms with Crippen LogP contribution in [0.15, 0.2) is 55.1 Å². The molecule has 1 aromatic carbocycles. The van der Waals surface area contributed by atoms with Crippen LogP contribution in [0.4, 0.5) is 19.0 Å². The van der Waals surface area contributed by atoms with Crippen molar-refractivity contribution in [3.8, 4) is 0 Å². The first-order chi connectivity index (χ1) is 35.2. The van der Waals surface area contributed by atoms with E-state index in [0.29, 0.717) is 89.8 Å². The minimum Gasteiger partial charge on any atom is -0.378 e. The molecular formula is C52H83F3N10O8. The maximum atomic E-state index is 13.2. The lowest BCUT2D eigenvalue weighted by molar-refractivity contribution is -0.137. The Balaban J connectivity index is 0.000000298. The van der Waals surface area contributed by atoms with Crippen molar-refractivity contribution in [1.82, 2.24) is 39.9 Å². The van der Waals surface area contributed by atoms with E-state index in [1.54, 1.807) is 24.3 Å². The number of carbonyl (C=O) groups excluding carboxylic acids is 4. The van der Waals surface area contributed by atoms with Crippen LogP contribution >= 0.6 is 0 Å². The van der Waals surface area contributed by atoms with Crippen LogP contribution in [0.2, 0.25) is 0 Å². The second-order valence-electron chi connectivity index (χ2n) is 18.5. The van der Waals surface area contributed by atoms with E-state index in [1.165, 1.54) is 19.4 Å². The van der Waals surface area contributed by atoms with Crippen LogP contribution in [-0.2, 0) is 44.3 Å². The average Bonchev–Trinajstić information content (AvgIpc) is 3.95. The van der Waals surface area contributed by atoms with Crippen molar-refractivity contribution in [2.45, 2.75) is 95.6 Å². The molecule has 21 heteroatoms. The molecule has 0 radical (unpaired) electrons. The molecule has 0 spiro atoms. The molecule has 7 rings (SSSR count). The second kappa shape index (κ2) is 35.5. The predicted octanol–water partition coefficient (Wildman–Crippen LogP) is 4.82. The predicted molar refractivity (Wildman–Crippen MR) is 276 cm³/mol. The smallest absolute Gasteiger partial charge is 0.378 e. The van der Waals surface area contributed by atoms with E-state index in [9.17, 15) is 32.3 Å². The number of nitrogens with one attached hydrogen (secondary N) is 2. The number of amides is 2. The Morgan fingerprint density at radius 3 is 1.90 bits per heavy atom. The van der Waals surface area contributed by atoms with Crippen molar-refractivity contribution in [1.29, 1.82) is 0 Å². The van der Waals surface area contributed by atoms with Gasteiger partial charge in [0, 0.05) is 87.4 Å². The van der Waals surface area contributed by atoms with Crippen molar-refractivity contribution in [2.75, 3.05) is 126 Å². The van der Waals surface area contributed by atoms with Crippen LogP contribution in [-0.4, -0.2) is 203 Å². The third-order valence-electron chi connectivity index (χ3n) is 13.1. The number of halogens is 3. The van der Waals surface area contributed by atoms with Crippen molar-refractivity contribution in [2.24, 2.45) is 17.6 Å². The first kappa shape index (κ1) is 62.6. The number of benzene rings is 1. The van der Waals surface area contributed by atoms with E-state index in [-0.39, 0.29) is 40.9 Å². The summed E-state index contributed by atoms with van der Waals surface area (Å²) < 4.78 is 61.3. The van der Waals surface area contributed by atoms with Gasteiger partial charge >= 0.3 is 6.18 Å². The zero-order chi connectivity index (χ0) is 53.4. The third kappa shape index (κ3) is 23.1. The molecule has 4 fully saturated rings. The molecule has 73 heavy (non-hydrogen) atoms. The summed E-state index contributed by atoms with van der Waals surface area (Å²) in [5, 5.41) is 6.39. The normalized spacial score (nSPS) is 20.3. The highest BCUT2D eigenvalue weighted by Crippen LogP contribution is 2.34. The van der Waals surface area contributed by atoms with Crippen molar-refractivity contribution in [3.63, 3.8) is 0 Å². The van der Waals surface area contributed by atoms with E-state index >= 15 is 0 Å². The summed E-state index contributed by atoms with van der Waals surface area (Å²) in [6, 6.07) is 9.89. The molecule has 3 saturated heterocycles. The summed E-state index contributed by atoms with van der Waals surface area (Å²) >= 11 is 0. The van der Waals surface area contributed by atoms with Crippen LogP contribution in [0.25, 0.3) is 10.9 Å². The quantitative estimate of drug-likeness (QED) is 0.0912. The maximum Gasteiger partial charge on any atom is 0.416 e. The molecule has 2 amide bonds. The Labute approximate surface area is 430 Å². The minimum absolute atomic E-state index is 0.00408. The number of hydrogen-bond donors (Lipinski definition) is 3. The number of aldehydes is 2. The highest BCUT2D eigenvalue weighted by Gasteiger charge is 2.39. The second-order valence-corrected chi connectivity index (χ2v) is 18.5. The topological polar surface area (TPSA) is 207 Å². The number of piperidine rings is 1. The number of nitrogens with zero attached hydrogens (tertiary/aromatic N) is 7. The summed E-state index contributed by atoms with van der Waals surface area (Å²) in [6.07, 6.45) is 9.35. The van der Waals surface area contributed by atoms with Crippen LogP contribution < -0.4 is 16.4 Å². The molecule has 2 unspecified atom stereocenters. The van der Waals surface area contributed by atoms with Gasteiger partial charge in [0.05, 0.1) is 63.9 Å². The molecule has 5 heterocycles. The summed E-state index contributed by atoms with van der Waals surface area (Å²) in [5.74, 6) is 0.556. The highest BCUT2D eigenvalue weighted by molar-refractivity contribution is 5.93. The van der Waals surface area contributed by atoms with Gasteiger partial charge in [-0.3, -0.25) is 14.6 Å². The summed E-state index contributed by atoms with van der Waals surface area (Å²) in [4.78, 5) is 64.9. The van der Waals surface area contributed by atoms with E-state index in [4.69, 9.17) is 18.9 Å². The molecule has 3 aliphatic heterocycles. The van der Waals surface area contributed by atoms with E-state index in [0.717, 1.165) is 96.0 Å². The summed E-state index contributed by atoms with van der Waals surface area (Å²) in [7, 11) is 7.28. The first-order valence-electron chi connectivity index (χ1n) is 25.6. The van der Waals surface area contributed by atoms with Gasteiger partial charge in [0.15, 0.2) is 0 Å². The molecule has 0 bridgehead atoms. The Bertz CT molecular complexity index is 1950. The van der Waals surface area contributed by atoms with Crippen LogP contribution in [0.1, 0.15) is 70.8 Å². The van der Waals surface area contributed by atoms with Gasteiger partial charge in [-0.25, -0.2) is 9.97 Å². The van der Waals surface area contributed by atoms with Crippen LogP contribution in [0.3, 0.4) is 0 Å². The number of aromatic nitrogens is 3. The zero-order valence-electron chi connectivity index (χ0n) is 44.0. The number of ether oxygens (including phenoxy) is 4. The highest BCUT2D eigenvalue weighted by atomic mass is 19.4. The van der Waals surface area contributed by atoms with Crippen LogP contribution in [0.5, 0.6) is 0 Å². The van der Waals surface area contributed by atoms with Gasteiger partial charge in [-0.05, 0) is 123 Å². The number of likely N-dealkylation sites (N-methyl/N-ethyl adjacent to an activating group) is 1. The molecule has 1 saturated carbocycles. The Morgan fingerprint density at radius 1 is 0.808 bits per heavy atom. The number of alkyl halides is 3. The number of pyridine rings is 1. The zero-order valence-corrected chi connectivity index (χ0v) is 44.0. The molecule has 18 nitrogen and oxygen atoms in total. The molecule has 2 aromatic heterocycles. The van der Waals surface area contributed by atoms with Crippen molar-refractivity contribution in [3.05, 3.63) is 60.7 Å². The number of likely N-dealkylation sites (tertiary alicyclic amines) is 3. The fourth-order valence-electron chi connectivity index (χ4n) is 8.65. The standard InChI is InChI=1S/C23H30F3N5O.C17H34N2O5.C6H9NO2.C5H5N.CH5N/c1-14(2)30(3)16-5-7-17(8-6-16)31-11-10-20(22(31)32)29-21-18-12-15(23(24,25)26)4-9-19(18)27-13-28-21;1-18-4-8-21-10-12-23-14-15-24-13-11-22-9-7-19-5-2-17(16-20)3-6-19;1-7-3-5(4-8)2-6(7)9;1-2-4-6-5-3-1;1-2/h4,9,12-14,16-17,20H,5-8,10-11H2,1-3H3,(H,27,28,29);16-18H,2-15H2,1H3;4-5H,2-3H2,1H3;1-5H;2H2,1H3.